The number of nitrogens with zero attached hydrogens (tertiary/aromatic N) is 2. The summed E-state index contributed by atoms with van der Waals surface area (Å²) >= 11 is 0. The van der Waals surface area contributed by atoms with Crippen LogP contribution >= 0.6 is 0 Å². The van der Waals surface area contributed by atoms with Gasteiger partial charge in [0.05, 0.1) is 24.6 Å². The Labute approximate surface area is 198 Å². The number of benzene rings is 2. The Hall–Kier alpha value is -2.90. The number of fused-ring (bicyclic) bond motifs is 3. The molecule has 5 nitrogen and oxygen atoms in total. The number of nitrogens with one attached hydrogen (secondary N) is 1. The first-order valence-electron chi connectivity index (χ1n) is 11.8. The van der Waals surface area contributed by atoms with Crippen molar-refractivity contribution in [3.63, 3.8) is 0 Å². The number of hydrogen-bond acceptors (Lipinski definition) is 4. The highest BCUT2D eigenvalue weighted by atomic mass is 19.4. The van der Waals surface area contributed by atoms with Crippen molar-refractivity contribution in [1.82, 2.24) is 5.32 Å². The summed E-state index contributed by atoms with van der Waals surface area (Å²) in [4.78, 5) is 17.6. The molecule has 2 atom stereocenters. The molecule has 2 aliphatic heterocycles. The van der Waals surface area contributed by atoms with Crippen LogP contribution in [0.15, 0.2) is 42.5 Å². The number of anilines is 2. The van der Waals surface area contributed by atoms with Gasteiger partial charge in [0, 0.05) is 43.6 Å². The van der Waals surface area contributed by atoms with E-state index in [9.17, 15) is 18.0 Å². The molecule has 2 heterocycles. The van der Waals surface area contributed by atoms with Crippen LogP contribution in [0.4, 0.5) is 24.5 Å². The first kappa shape index (κ1) is 24.2. The molecule has 0 aliphatic carbocycles. The van der Waals surface area contributed by atoms with Gasteiger partial charge in [-0.15, -0.1) is 0 Å². The number of alkyl halides is 3. The van der Waals surface area contributed by atoms with Crippen LogP contribution in [0.1, 0.15) is 31.4 Å². The fourth-order valence-corrected chi connectivity index (χ4v) is 4.96. The normalized spacial score (nSPS) is 20.1. The van der Waals surface area contributed by atoms with Crippen LogP contribution in [-0.2, 0) is 17.4 Å². The van der Waals surface area contributed by atoms with E-state index < -0.39 is 17.7 Å². The van der Waals surface area contributed by atoms with Gasteiger partial charge in [-0.3, -0.25) is 4.79 Å². The monoisotopic (exact) mass is 475 g/mol. The summed E-state index contributed by atoms with van der Waals surface area (Å²) in [6, 6.07) is 11.6. The summed E-state index contributed by atoms with van der Waals surface area (Å²) in [6.45, 7) is 6.68. The van der Waals surface area contributed by atoms with Gasteiger partial charge in [-0.25, -0.2) is 0 Å². The molecule has 184 valence electrons. The van der Waals surface area contributed by atoms with Crippen LogP contribution in [0.3, 0.4) is 0 Å². The fraction of sp³-hybridized carbons (Fsp3) is 0.500. The third-order valence-electron chi connectivity index (χ3n) is 6.82. The maximum Gasteiger partial charge on any atom is 0.416 e. The topological polar surface area (TPSA) is 44.8 Å². The molecule has 2 aromatic rings. The van der Waals surface area contributed by atoms with Crippen molar-refractivity contribution in [2.24, 2.45) is 11.8 Å². The van der Waals surface area contributed by atoms with Crippen LogP contribution in [-0.4, -0.2) is 45.2 Å². The van der Waals surface area contributed by atoms with Crippen molar-refractivity contribution in [2.75, 3.05) is 43.1 Å². The summed E-state index contributed by atoms with van der Waals surface area (Å²) in [6.07, 6.45) is -3.26. The van der Waals surface area contributed by atoms with Crippen molar-refractivity contribution in [2.45, 2.75) is 38.9 Å². The predicted molar refractivity (Wildman–Crippen MR) is 127 cm³/mol. The van der Waals surface area contributed by atoms with Crippen LogP contribution in [0.2, 0.25) is 0 Å². The second kappa shape index (κ2) is 9.76. The molecule has 2 aliphatic rings. The van der Waals surface area contributed by atoms with E-state index in [1.54, 1.807) is 13.2 Å². The minimum Gasteiger partial charge on any atom is -0.497 e. The molecule has 0 aromatic heterocycles. The van der Waals surface area contributed by atoms with Crippen molar-refractivity contribution in [1.29, 1.82) is 0 Å². The SMILES string of the molecule is COc1cccc(N2CCN3c4ccc(C(F)(F)F)cc4C[C@@H](C(=O)NCCC(C)C)[C@H]3C2)c1. The third kappa shape index (κ3) is 5.10. The number of carbonyl (C=O) groups is 1. The fourth-order valence-electron chi connectivity index (χ4n) is 4.96. The summed E-state index contributed by atoms with van der Waals surface area (Å²) in [5.41, 5.74) is 1.73. The van der Waals surface area contributed by atoms with E-state index in [1.807, 2.05) is 24.3 Å². The lowest BCUT2D eigenvalue weighted by Crippen LogP contribution is -2.61. The quantitative estimate of drug-likeness (QED) is 0.655. The number of methoxy groups -OCH3 is 1. The van der Waals surface area contributed by atoms with Crippen LogP contribution < -0.4 is 19.9 Å². The van der Waals surface area contributed by atoms with E-state index in [1.165, 1.54) is 6.07 Å². The Morgan fingerprint density at radius 1 is 1.18 bits per heavy atom. The lowest BCUT2D eigenvalue weighted by Gasteiger charge is -2.49. The van der Waals surface area contributed by atoms with E-state index in [2.05, 4.69) is 29.0 Å². The number of amides is 1. The zero-order chi connectivity index (χ0) is 24.5. The van der Waals surface area contributed by atoms with Gasteiger partial charge in [0.2, 0.25) is 5.91 Å². The Bertz CT molecular complexity index is 1020. The van der Waals surface area contributed by atoms with Gasteiger partial charge in [-0.1, -0.05) is 19.9 Å². The van der Waals surface area contributed by atoms with Crippen LogP contribution in [0, 0.1) is 11.8 Å². The average Bonchev–Trinajstić information content (AvgIpc) is 2.82. The van der Waals surface area contributed by atoms with Crippen molar-refractivity contribution < 1.29 is 22.7 Å². The summed E-state index contributed by atoms with van der Waals surface area (Å²) in [5.74, 6) is 0.691. The van der Waals surface area contributed by atoms with E-state index >= 15 is 0 Å². The number of piperazine rings is 1. The molecule has 4 rings (SSSR count). The maximum absolute atomic E-state index is 13.4. The maximum atomic E-state index is 13.4. The van der Waals surface area contributed by atoms with Crippen LogP contribution in [0.5, 0.6) is 5.75 Å². The van der Waals surface area contributed by atoms with Crippen LogP contribution in [0.25, 0.3) is 0 Å². The van der Waals surface area contributed by atoms with Crippen molar-refractivity contribution in [3.8, 4) is 5.75 Å². The zero-order valence-corrected chi connectivity index (χ0v) is 19.9. The molecule has 1 saturated heterocycles. The molecule has 0 saturated carbocycles. The zero-order valence-electron chi connectivity index (χ0n) is 19.9. The summed E-state index contributed by atoms with van der Waals surface area (Å²) in [7, 11) is 1.63. The second-order valence-electron chi connectivity index (χ2n) is 9.53. The molecule has 0 unspecified atom stereocenters. The van der Waals surface area contributed by atoms with Gasteiger partial charge < -0.3 is 19.9 Å². The van der Waals surface area contributed by atoms with Crippen molar-refractivity contribution in [3.05, 3.63) is 53.6 Å². The predicted octanol–water partition coefficient (Wildman–Crippen LogP) is 4.74. The molecule has 34 heavy (non-hydrogen) atoms. The van der Waals surface area contributed by atoms with E-state index in [-0.39, 0.29) is 11.9 Å². The number of hydrogen-bond donors (Lipinski definition) is 1. The Morgan fingerprint density at radius 2 is 1.97 bits per heavy atom. The van der Waals surface area contributed by atoms with E-state index in [0.29, 0.717) is 44.1 Å². The molecule has 1 N–H and O–H groups in total. The average molecular weight is 476 g/mol. The first-order chi connectivity index (χ1) is 16.2. The second-order valence-corrected chi connectivity index (χ2v) is 9.53. The summed E-state index contributed by atoms with van der Waals surface area (Å²) in [5, 5.41) is 3.04. The highest BCUT2D eigenvalue weighted by Crippen LogP contribution is 2.40. The standard InChI is InChI=1S/C26H32F3N3O2/c1-17(2)9-10-30-25(33)22-14-18-13-19(26(27,28)29)7-8-23(18)32-12-11-31(16-24(22)32)20-5-4-6-21(15-20)34-3/h4-8,13,15,17,22,24H,9-12,14,16H2,1-3H3,(H,30,33)/t22-,24-/m1/s1. The lowest BCUT2D eigenvalue weighted by molar-refractivity contribution is -0.137. The number of carbonyl (C=O) groups excluding carboxylic acids is 1. The van der Waals surface area contributed by atoms with E-state index in [4.69, 9.17) is 4.74 Å². The van der Waals surface area contributed by atoms with Crippen molar-refractivity contribution >= 4 is 17.3 Å². The lowest BCUT2D eigenvalue weighted by atomic mass is 9.82. The number of halogens is 3. The summed E-state index contributed by atoms with van der Waals surface area (Å²) < 4.78 is 45.5. The molecular formula is C26H32F3N3O2. The molecule has 8 heteroatoms. The highest BCUT2D eigenvalue weighted by Gasteiger charge is 2.42. The molecular weight excluding hydrogens is 443 g/mol. The highest BCUT2D eigenvalue weighted by molar-refractivity contribution is 5.82. The molecule has 1 amide bonds. The smallest absolute Gasteiger partial charge is 0.416 e. The van der Waals surface area contributed by atoms with E-state index in [0.717, 1.165) is 29.6 Å². The largest absolute Gasteiger partial charge is 0.497 e. The van der Waals surface area contributed by atoms with Gasteiger partial charge in [0.15, 0.2) is 0 Å². The Kier molecular flexibility index (Phi) is 6.96. The van der Waals surface area contributed by atoms with Gasteiger partial charge >= 0.3 is 6.18 Å². The Balaban J connectivity index is 1.63. The molecule has 2 aromatic carbocycles. The van der Waals surface area contributed by atoms with Gasteiger partial charge in [0.1, 0.15) is 5.75 Å². The minimum atomic E-state index is -4.41. The molecule has 0 spiro atoms. The Morgan fingerprint density at radius 3 is 2.68 bits per heavy atom. The van der Waals surface area contributed by atoms with Gasteiger partial charge in [-0.05, 0) is 54.7 Å². The van der Waals surface area contributed by atoms with Gasteiger partial charge in [-0.2, -0.15) is 13.2 Å². The minimum absolute atomic E-state index is 0.0915. The number of ether oxygens (including phenoxy) is 1. The molecule has 1 fully saturated rings. The molecule has 0 bridgehead atoms. The third-order valence-corrected chi connectivity index (χ3v) is 6.82. The number of rotatable bonds is 6. The molecule has 0 radical (unpaired) electrons. The van der Waals surface area contributed by atoms with Gasteiger partial charge in [0.25, 0.3) is 0 Å². The first-order valence-corrected chi connectivity index (χ1v) is 11.8.